The van der Waals surface area contributed by atoms with E-state index in [1.54, 1.807) is 0 Å². The summed E-state index contributed by atoms with van der Waals surface area (Å²) in [7, 11) is 0. The number of aryl methyl sites for hydroxylation is 1. The Kier molecular flexibility index (Phi) is 4.95. The zero-order valence-corrected chi connectivity index (χ0v) is 12.4. The first-order valence-corrected chi connectivity index (χ1v) is 6.97. The van der Waals surface area contributed by atoms with Crippen LogP contribution in [0.2, 0.25) is 0 Å². The van der Waals surface area contributed by atoms with Gasteiger partial charge in [0.05, 0.1) is 12.3 Å². The van der Waals surface area contributed by atoms with E-state index in [1.807, 2.05) is 55.1 Å². The summed E-state index contributed by atoms with van der Waals surface area (Å²) in [5.74, 6) is 1.50. The molecule has 2 rings (SSSR count). The molecular weight excluding hydrogens is 272 g/mol. The van der Waals surface area contributed by atoms with Gasteiger partial charge in [-0.15, -0.1) is 0 Å². The quantitative estimate of drug-likeness (QED) is 0.829. The molecule has 1 heterocycles. The number of aromatic nitrogens is 2. The van der Waals surface area contributed by atoms with Gasteiger partial charge in [0.15, 0.2) is 10.9 Å². The van der Waals surface area contributed by atoms with Crippen LogP contribution in [0, 0.1) is 0 Å². The molecule has 0 amide bonds. The van der Waals surface area contributed by atoms with Gasteiger partial charge < -0.3 is 15.4 Å². The first-order chi connectivity index (χ1) is 9.72. The summed E-state index contributed by atoms with van der Waals surface area (Å²) in [6.45, 7) is 5.42. The van der Waals surface area contributed by atoms with E-state index in [-0.39, 0.29) is 0 Å². The lowest BCUT2D eigenvalue weighted by Gasteiger charge is -2.13. The Bertz CT molecular complexity index is 582. The fourth-order valence-electron chi connectivity index (χ4n) is 1.73. The van der Waals surface area contributed by atoms with Crippen molar-refractivity contribution in [2.45, 2.75) is 20.4 Å². The molecule has 1 aromatic heterocycles. The van der Waals surface area contributed by atoms with E-state index in [4.69, 9.17) is 17.0 Å². The van der Waals surface area contributed by atoms with Crippen LogP contribution in [0.25, 0.3) is 0 Å². The van der Waals surface area contributed by atoms with Gasteiger partial charge in [0, 0.05) is 18.8 Å². The molecule has 2 aromatic rings. The maximum atomic E-state index is 5.54. The molecule has 2 N–H and O–H groups in total. The van der Waals surface area contributed by atoms with Gasteiger partial charge in [0.2, 0.25) is 0 Å². The molecule has 0 fully saturated rings. The summed E-state index contributed by atoms with van der Waals surface area (Å²) in [5.41, 5.74) is 0.835. The Hall–Kier alpha value is -2.08. The number of hydrogen-bond acceptors (Lipinski definition) is 3. The summed E-state index contributed by atoms with van der Waals surface area (Å²) in [4.78, 5) is 0. The van der Waals surface area contributed by atoms with Crippen LogP contribution in [-0.2, 0) is 6.54 Å². The molecule has 0 radical (unpaired) electrons. The van der Waals surface area contributed by atoms with Crippen molar-refractivity contribution in [2.75, 3.05) is 17.2 Å². The van der Waals surface area contributed by atoms with Gasteiger partial charge in [0.1, 0.15) is 5.75 Å². The normalized spacial score (nSPS) is 10.1. The Labute approximate surface area is 123 Å². The Balaban J connectivity index is 2.00. The predicted molar refractivity (Wildman–Crippen MR) is 85.4 cm³/mol. The highest BCUT2D eigenvalue weighted by Crippen LogP contribution is 2.23. The third-order valence-corrected chi connectivity index (χ3v) is 2.85. The number of thiocarbonyl (C=S) groups is 1. The minimum absolute atomic E-state index is 0.485. The van der Waals surface area contributed by atoms with Crippen LogP contribution >= 0.6 is 12.2 Å². The van der Waals surface area contributed by atoms with Crippen LogP contribution < -0.4 is 15.4 Å². The van der Waals surface area contributed by atoms with Crippen LogP contribution in [0.3, 0.4) is 0 Å². The third kappa shape index (κ3) is 3.71. The maximum absolute atomic E-state index is 5.54. The zero-order valence-electron chi connectivity index (χ0n) is 11.6. The number of para-hydroxylation sites is 2. The molecule has 0 aliphatic rings. The van der Waals surface area contributed by atoms with Crippen molar-refractivity contribution in [1.82, 2.24) is 9.78 Å². The molecule has 0 aliphatic carbocycles. The van der Waals surface area contributed by atoms with Crippen molar-refractivity contribution in [3.8, 4) is 5.75 Å². The highest BCUT2D eigenvalue weighted by molar-refractivity contribution is 7.80. The largest absolute Gasteiger partial charge is 0.492 e. The van der Waals surface area contributed by atoms with Crippen molar-refractivity contribution in [2.24, 2.45) is 0 Å². The molecule has 0 saturated heterocycles. The van der Waals surface area contributed by atoms with E-state index >= 15 is 0 Å². The van der Waals surface area contributed by atoms with Crippen molar-refractivity contribution in [3.05, 3.63) is 36.5 Å². The van der Waals surface area contributed by atoms with Gasteiger partial charge in [-0.1, -0.05) is 12.1 Å². The molecule has 0 spiro atoms. The van der Waals surface area contributed by atoms with Gasteiger partial charge in [-0.25, -0.2) is 0 Å². The second-order valence-electron chi connectivity index (χ2n) is 4.06. The average molecular weight is 290 g/mol. The van der Waals surface area contributed by atoms with E-state index in [0.29, 0.717) is 11.7 Å². The Morgan fingerprint density at radius 2 is 2.05 bits per heavy atom. The monoisotopic (exact) mass is 290 g/mol. The molecule has 0 saturated carbocycles. The average Bonchev–Trinajstić information content (AvgIpc) is 2.89. The first-order valence-electron chi connectivity index (χ1n) is 6.56. The molecular formula is C14H18N4OS. The van der Waals surface area contributed by atoms with Crippen LogP contribution in [0.4, 0.5) is 11.5 Å². The van der Waals surface area contributed by atoms with Crippen LogP contribution in [0.1, 0.15) is 13.8 Å². The van der Waals surface area contributed by atoms with E-state index in [2.05, 4.69) is 15.7 Å². The number of ether oxygens (including phenoxy) is 1. The first kappa shape index (κ1) is 14.3. The minimum atomic E-state index is 0.485. The van der Waals surface area contributed by atoms with E-state index in [0.717, 1.165) is 23.8 Å². The SMILES string of the molecule is CCOc1ccccc1NC(=S)Nc1ccn(CC)n1. The molecule has 6 heteroatoms. The molecule has 1 aromatic carbocycles. The van der Waals surface area contributed by atoms with Gasteiger partial charge in [0.25, 0.3) is 0 Å². The summed E-state index contributed by atoms with van der Waals surface area (Å²) in [6.07, 6.45) is 1.90. The van der Waals surface area contributed by atoms with Gasteiger partial charge in [-0.2, -0.15) is 5.10 Å². The van der Waals surface area contributed by atoms with Crippen LogP contribution in [-0.4, -0.2) is 21.5 Å². The number of anilines is 2. The molecule has 0 unspecified atom stereocenters. The molecule has 0 aliphatic heterocycles. The fourth-order valence-corrected chi connectivity index (χ4v) is 1.94. The second kappa shape index (κ2) is 6.91. The highest BCUT2D eigenvalue weighted by Gasteiger charge is 2.05. The van der Waals surface area contributed by atoms with Gasteiger partial charge in [-0.05, 0) is 38.2 Å². The lowest BCUT2D eigenvalue weighted by atomic mass is 10.3. The van der Waals surface area contributed by atoms with Crippen LogP contribution in [0.5, 0.6) is 5.75 Å². The standard InChI is InChI=1S/C14H18N4OS/c1-3-18-10-9-13(17-18)16-14(20)15-11-7-5-6-8-12(11)19-4-2/h5-10H,3-4H2,1-2H3,(H2,15,16,17,20). The summed E-state index contributed by atoms with van der Waals surface area (Å²) < 4.78 is 7.37. The van der Waals surface area contributed by atoms with Gasteiger partial charge >= 0.3 is 0 Å². The summed E-state index contributed by atoms with van der Waals surface area (Å²) in [5, 5.41) is 11.0. The van der Waals surface area contributed by atoms with E-state index in [1.165, 1.54) is 0 Å². The molecule has 20 heavy (non-hydrogen) atoms. The smallest absolute Gasteiger partial charge is 0.176 e. The van der Waals surface area contributed by atoms with E-state index < -0.39 is 0 Å². The molecule has 0 bridgehead atoms. The molecule has 106 valence electrons. The minimum Gasteiger partial charge on any atom is -0.492 e. The second-order valence-corrected chi connectivity index (χ2v) is 4.47. The summed E-state index contributed by atoms with van der Waals surface area (Å²) in [6, 6.07) is 9.56. The zero-order chi connectivity index (χ0) is 14.4. The summed E-state index contributed by atoms with van der Waals surface area (Å²) >= 11 is 5.28. The number of benzene rings is 1. The predicted octanol–water partition coefficient (Wildman–Crippen LogP) is 3.11. The van der Waals surface area contributed by atoms with Crippen LogP contribution in [0.15, 0.2) is 36.5 Å². The van der Waals surface area contributed by atoms with Gasteiger partial charge in [-0.3, -0.25) is 4.68 Å². The lowest BCUT2D eigenvalue weighted by molar-refractivity contribution is 0.342. The number of nitrogens with zero attached hydrogens (tertiary/aromatic N) is 2. The maximum Gasteiger partial charge on any atom is 0.176 e. The number of nitrogens with one attached hydrogen (secondary N) is 2. The Morgan fingerprint density at radius 3 is 2.75 bits per heavy atom. The highest BCUT2D eigenvalue weighted by atomic mass is 32.1. The van der Waals surface area contributed by atoms with Crippen molar-refractivity contribution in [3.63, 3.8) is 0 Å². The fraction of sp³-hybridized carbons (Fsp3) is 0.286. The van der Waals surface area contributed by atoms with Crippen molar-refractivity contribution in [1.29, 1.82) is 0 Å². The number of hydrogen-bond donors (Lipinski definition) is 2. The lowest BCUT2D eigenvalue weighted by Crippen LogP contribution is -2.20. The topological polar surface area (TPSA) is 51.1 Å². The third-order valence-electron chi connectivity index (χ3n) is 2.64. The Morgan fingerprint density at radius 1 is 1.25 bits per heavy atom. The number of rotatable bonds is 5. The van der Waals surface area contributed by atoms with Crippen molar-refractivity contribution >= 4 is 28.8 Å². The molecule has 0 atom stereocenters. The van der Waals surface area contributed by atoms with E-state index in [9.17, 15) is 0 Å². The van der Waals surface area contributed by atoms with Crippen molar-refractivity contribution < 1.29 is 4.74 Å². The molecule has 5 nitrogen and oxygen atoms in total.